The summed E-state index contributed by atoms with van der Waals surface area (Å²) in [6, 6.07) is 0.776. The predicted octanol–water partition coefficient (Wildman–Crippen LogP) is 3.36. The molecule has 2 nitrogen and oxygen atoms in total. The van der Waals surface area contributed by atoms with Crippen LogP contribution in [0.5, 0.6) is 0 Å². The van der Waals surface area contributed by atoms with Gasteiger partial charge in [-0.1, -0.05) is 26.2 Å². The molecule has 0 radical (unpaired) electrons. The van der Waals surface area contributed by atoms with E-state index >= 15 is 0 Å². The summed E-state index contributed by atoms with van der Waals surface area (Å²) in [4.78, 5) is 0. The molecule has 0 heterocycles. The lowest BCUT2D eigenvalue weighted by Crippen LogP contribution is -2.35. The lowest BCUT2D eigenvalue weighted by molar-refractivity contribution is 0.0763. The number of hydrogen-bond acceptors (Lipinski definition) is 2. The molecule has 1 N–H and O–H groups in total. The van der Waals surface area contributed by atoms with Gasteiger partial charge >= 0.3 is 0 Å². The van der Waals surface area contributed by atoms with Crippen LogP contribution in [0, 0.1) is 5.92 Å². The first-order valence-corrected chi connectivity index (χ1v) is 7.07. The Kier molecular flexibility index (Phi) is 7.06. The van der Waals surface area contributed by atoms with Gasteiger partial charge in [-0.2, -0.15) is 0 Å². The van der Waals surface area contributed by atoms with E-state index in [4.69, 9.17) is 4.74 Å². The van der Waals surface area contributed by atoms with Crippen molar-refractivity contribution in [2.24, 2.45) is 5.92 Å². The maximum atomic E-state index is 5.53. The molecule has 16 heavy (non-hydrogen) atoms. The summed E-state index contributed by atoms with van der Waals surface area (Å²) in [5, 5.41) is 3.68. The first-order chi connectivity index (χ1) is 7.72. The van der Waals surface area contributed by atoms with Crippen molar-refractivity contribution in [3.05, 3.63) is 0 Å². The summed E-state index contributed by atoms with van der Waals surface area (Å²) >= 11 is 0. The van der Waals surface area contributed by atoms with Gasteiger partial charge in [0.2, 0.25) is 0 Å². The predicted molar refractivity (Wildman–Crippen MR) is 69.7 cm³/mol. The van der Waals surface area contributed by atoms with Crippen molar-refractivity contribution in [1.82, 2.24) is 5.32 Å². The van der Waals surface area contributed by atoms with Crippen LogP contribution in [-0.4, -0.2) is 25.3 Å². The molecular weight excluding hydrogens is 198 g/mol. The third-order valence-electron chi connectivity index (χ3n) is 3.57. The third-order valence-corrected chi connectivity index (χ3v) is 3.57. The maximum absolute atomic E-state index is 5.53. The second-order valence-corrected chi connectivity index (χ2v) is 5.37. The van der Waals surface area contributed by atoms with Gasteiger partial charge in [-0.05, 0) is 45.6 Å². The van der Waals surface area contributed by atoms with Gasteiger partial charge in [-0.3, -0.25) is 0 Å². The van der Waals surface area contributed by atoms with Crippen LogP contribution < -0.4 is 5.32 Å². The Morgan fingerprint density at radius 1 is 1.31 bits per heavy atom. The fourth-order valence-electron chi connectivity index (χ4n) is 2.54. The van der Waals surface area contributed by atoms with Crippen molar-refractivity contribution in [3.63, 3.8) is 0 Å². The number of rotatable bonds is 7. The van der Waals surface area contributed by atoms with Crippen molar-refractivity contribution in [2.45, 2.75) is 71.4 Å². The van der Waals surface area contributed by atoms with E-state index in [9.17, 15) is 0 Å². The minimum atomic E-state index is 0.374. The zero-order chi connectivity index (χ0) is 11.8. The van der Waals surface area contributed by atoms with E-state index < -0.39 is 0 Å². The zero-order valence-electron chi connectivity index (χ0n) is 11.3. The van der Waals surface area contributed by atoms with Crippen LogP contribution in [0.3, 0.4) is 0 Å². The Morgan fingerprint density at radius 3 is 2.81 bits per heavy atom. The van der Waals surface area contributed by atoms with E-state index in [1.165, 1.54) is 32.1 Å². The Balaban J connectivity index is 1.99. The zero-order valence-corrected chi connectivity index (χ0v) is 11.3. The van der Waals surface area contributed by atoms with Gasteiger partial charge in [0.15, 0.2) is 0 Å². The van der Waals surface area contributed by atoms with Crippen molar-refractivity contribution < 1.29 is 4.74 Å². The molecule has 2 atom stereocenters. The lowest BCUT2D eigenvalue weighted by atomic mass is 9.84. The fraction of sp³-hybridized carbons (Fsp3) is 1.00. The second kappa shape index (κ2) is 8.08. The molecule has 0 aromatic rings. The van der Waals surface area contributed by atoms with Crippen LogP contribution in [0.4, 0.5) is 0 Å². The summed E-state index contributed by atoms with van der Waals surface area (Å²) in [6.07, 6.45) is 8.51. The van der Waals surface area contributed by atoms with Gasteiger partial charge < -0.3 is 10.1 Å². The van der Waals surface area contributed by atoms with E-state index in [2.05, 4.69) is 26.1 Å². The average Bonchev–Trinajstić information content (AvgIpc) is 2.28. The molecule has 0 aromatic heterocycles. The van der Waals surface area contributed by atoms with E-state index in [0.29, 0.717) is 6.10 Å². The highest BCUT2D eigenvalue weighted by atomic mass is 16.5. The van der Waals surface area contributed by atoms with Crippen LogP contribution in [-0.2, 0) is 4.74 Å². The summed E-state index contributed by atoms with van der Waals surface area (Å²) < 4.78 is 5.53. The highest BCUT2D eigenvalue weighted by Gasteiger charge is 2.19. The summed E-state index contributed by atoms with van der Waals surface area (Å²) in [5.41, 5.74) is 0. The van der Waals surface area contributed by atoms with Gasteiger partial charge in [0.05, 0.1) is 6.10 Å². The summed E-state index contributed by atoms with van der Waals surface area (Å²) in [5.74, 6) is 0.971. The van der Waals surface area contributed by atoms with Gasteiger partial charge in [-0.15, -0.1) is 0 Å². The van der Waals surface area contributed by atoms with E-state index in [0.717, 1.165) is 31.5 Å². The standard InChI is InChI=1S/C14H29NO/c1-4-13-7-5-8-14(11-13)15-9-6-10-16-12(2)3/h12-15H,4-11H2,1-3H3. The number of hydrogen-bond donors (Lipinski definition) is 1. The molecule has 96 valence electrons. The van der Waals surface area contributed by atoms with Crippen molar-refractivity contribution >= 4 is 0 Å². The molecule has 0 aliphatic heterocycles. The highest BCUT2D eigenvalue weighted by Crippen LogP contribution is 2.26. The van der Waals surface area contributed by atoms with Crippen LogP contribution in [0.2, 0.25) is 0 Å². The Morgan fingerprint density at radius 2 is 2.12 bits per heavy atom. The van der Waals surface area contributed by atoms with Crippen molar-refractivity contribution in [3.8, 4) is 0 Å². The Bertz CT molecular complexity index is 170. The highest BCUT2D eigenvalue weighted by molar-refractivity contribution is 4.77. The molecule has 0 amide bonds. The largest absolute Gasteiger partial charge is 0.379 e. The van der Waals surface area contributed by atoms with Crippen LogP contribution >= 0.6 is 0 Å². The first kappa shape index (κ1) is 14.0. The second-order valence-electron chi connectivity index (χ2n) is 5.37. The fourth-order valence-corrected chi connectivity index (χ4v) is 2.54. The Labute approximate surface area is 101 Å². The quantitative estimate of drug-likeness (QED) is 0.673. The van der Waals surface area contributed by atoms with Gasteiger partial charge in [0.25, 0.3) is 0 Å². The molecule has 1 saturated carbocycles. The molecule has 1 aliphatic rings. The molecule has 1 rings (SSSR count). The molecule has 0 saturated heterocycles. The molecule has 1 fully saturated rings. The number of ether oxygens (including phenoxy) is 1. The topological polar surface area (TPSA) is 21.3 Å². The van der Waals surface area contributed by atoms with Crippen LogP contribution in [0.25, 0.3) is 0 Å². The van der Waals surface area contributed by atoms with E-state index in [1.54, 1.807) is 0 Å². The summed E-state index contributed by atoms with van der Waals surface area (Å²) in [6.45, 7) is 8.53. The summed E-state index contributed by atoms with van der Waals surface area (Å²) in [7, 11) is 0. The Hall–Kier alpha value is -0.0800. The van der Waals surface area contributed by atoms with Crippen LogP contribution in [0.15, 0.2) is 0 Å². The third kappa shape index (κ3) is 5.86. The molecule has 2 heteroatoms. The minimum Gasteiger partial charge on any atom is -0.379 e. The van der Waals surface area contributed by atoms with E-state index in [-0.39, 0.29) is 0 Å². The smallest absolute Gasteiger partial charge is 0.0518 e. The molecule has 0 bridgehead atoms. The molecule has 2 unspecified atom stereocenters. The normalized spacial score (nSPS) is 26.2. The van der Waals surface area contributed by atoms with Crippen molar-refractivity contribution in [1.29, 1.82) is 0 Å². The molecule has 0 aromatic carbocycles. The van der Waals surface area contributed by atoms with Gasteiger partial charge in [0, 0.05) is 12.6 Å². The van der Waals surface area contributed by atoms with Gasteiger partial charge in [0.1, 0.15) is 0 Å². The number of nitrogens with one attached hydrogen (secondary N) is 1. The molecule has 0 spiro atoms. The van der Waals surface area contributed by atoms with Crippen LogP contribution in [0.1, 0.15) is 59.3 Å². The average molecular weight is 227 g/mol. The van der Waals surface area contributed by atoms with Crippen molar-refractivity contribution in [2.75, 3.05) is 13.2 Å². The van der Waals surface area contributed by atoms with E-state index in [1.807, 2.05) is 0 Å². The SMILES string of the molecule is CCC1CCCC(NCCCOC(C)C)C1. The van der Waals surface area contributed by atoms with Gasteiger partial charge in [-0.25, -0.2) is 0 Å². The first-order valence-electron chi connectivity index (χ1n) is 7.07. The lowest BCUT2D eigenvalue weighted by Gasteiger charge is -2.29. The molecule has 1 aliphatic carbocycles. The maximum Gasteiger partial charge on any atom is 0.0518 e. The monoisotopic (exact) mass is 227 g/mol. The minimum absolute atomic E-state index is 0.374. The molecular formula is C14H29NO.